The van der Waals surface area contributed by atoms with Gasteiger partial charge in [0.05, 0.1) is 11.3 Å². The van der Waals surface area contributed by atoms with Crippen LogP contribution in [0.5, 0.6) is 0 Å². The van der Waals surface area contributed by atoms with Crippen molar-refractivity contribution in [3.63, 3.8) is 0 Å². The minimum Gasteiger partial charge on any atom is -0.352 e. The van der Waals surface area contributed by atoms with Gasteiger partial charge >= 0.3 is 0 Å². The van der Waals surface area contributed by atoms with Crippen molar-refractivity contribution >= 4 is 29.5 Å². The third-order valence-corrected chi connectivity index (χ3v) is 3.80. The highest BCUT2D eigenvalue weighted by atomic mass is 16.2. The second kappa shape index (κ2) is 9.33. The van der Waals surface area contributed by atoms with E-state index in [0.29, 0.717) is 17.8 Å². The number of para-hydroxylation sites is 1. The van der Waals surface area contributed by atoms with E-state index in [-0.39, 0.29) is 17.5 Å². The van der Waals surface area contributed by atoms with Crippen molar-refractivity contribution in [1.29, 1.82) is 0 Å². The van der Waals surface area contributed by atoms with Crippen molar-refractivity contribution in [1.82, 2.24) is 10.6 Å². The minimum atomic E-state index is -0.509. The van der Waals surface area contributed by atoms with E-state index in [1.54, 1.807) is 30.3 Å². The second-order valence-electron chi connectivity index (χ2n) is 5.95. The lowest BCUT2D eigenvalue weighted by Gasteiger charge is -2.13. The quantitative estimate of drug-likeness (QED) is 0.688. The van der Waals surface area contributed by atoms with Crippen LogP contribution in [0.2, 0.25) is 0 Å². The average Bonchev–Trinajstić information content (AvgIpc) is 2.63. The molecule has 3 N–H and O–H groups in total. The lowest BCUT2D eigenvalue weighted by Crippen LogP contribution is -2.30. The molecule has 0 spiro atoms. The molecule has 6 nitrogen and oxygen atoms in total. The molecule has 3 amide bonds. The molecule has 27 heavy (non-hydrogen) atoms. The number of amides is 3. The number of rotatable bonds is 6. The Labute approximate surface area is 158 Å². The van der Waals surface area contributed by atoms with Gasteiger partial charge in [-0.15, -0.1) is 0 Å². The number of aryl methyl sites for hydroxylation is 1. The minimum absolute atomic E-state index is 0.0995. The monoisotopic (exact) mass is 365 g/mol. The van der Waals surface area contributed by atoms with Crippen molar-refractivity contribution < 1.29 is 14.4 Å². The van der Waals surface area contributed by atoms with E-state index in [1.165, 1.54) is 6.92 Å². The zero-order valence-corrected chi connectivity index (χ0v) is 15.6. The van der Waals surface area contributed by atoms with Crippen LogP contribution in [0.25, 0.3) is 6.08 Å². The molecule has 0 fully saturated rings. The Morgan fingerprint density at radius 2 is 1.67 bits per heavy atom. The van der Waals surface area contributed by atoms with Crippen molar-refractivity contribution in [2.45, 2.75) is 20.8 Å². The maximum absolute atomic E-state index is 12.8. The van der Waals surface area contributed by atoms with Crippen LogP contribution in [0, 0.1) is 6.92 Å². The molecule has 2 aromatic rings. The molecule has 6 heteroatoms. The van der Waals surface area contributed by atoms with Gasteiger partial charge in [0.15, 0.2) is 0 Å². The van der Waals surface area contributed by atoms with Crippen molar-refractivity contribution in [2.24, 2.45) is 0 Å². The van der Waals surface area contributed by atoms with E-state index in [0.717, 1.165) is 11.1 Å². The van der Waals surface area contributed by atoms with Gasteiger partial charge in [0.2, 0.25) is 5.91 Å². The van der Waals surface area contributed by atoms with E-state index in [1.807, 2.05) is 38.1 Å². The molecule has 0 aliphatic heterocycles. The Morgan fingerprint density at radius 3 is 2.33 bits per heavy atom. The summed E-state index contributed by atoms with van der Waals surface area (Å²) in [6.45, 7) is 5.55. The van der Waals surface area contributed by atoms with Crippen LogP contribution in [0.3, 0.4) is 0 Å². The first kappa shape index (κ1) is 19.9. The summed E-state index contributed by atoms with van der Waals surface area (Å²) in [5.41, 5.74) is 2.60. The summed E-state index contributed by atoms with van der Waals surface area (Å²) in [6, 6.07) is 14.2. The summed E-state index contributed by atoms with van der Waals surface area (Å²) in [4.78, 5) is 36.5. The van der Waals surface area contributed by atoms with Crippen LogP contribution in [0.4, 0.5) is 5.69 Å². The number of hydrogen-bond donors (Lipinski definition) is 3. The molecule has 0 unspecified atom stereocenters. The summed E-state index contributed by atoms with van der Waals surface area (Å²) in [6.07, 6.45) is 1.61. The lowest BCUT2D eigenvalue weighted by atomic mass is 10.1. The molecule has 0 saturated carbocycles. The van der Waals surface area contributed by atoms with E-state index in [2.05, 4.69) is 16.0 Å². The fourth-order valence-corrected chi connectivity index (χ4v) is 2.49. The molecule has 0 saturated heterocycles. The van der Waals surface area contributed by atoms with Crippen LogP contribution < -0.4 is 16.0 Å². The highest BCUT2D eigenvalue weighted by Gasteiger charge is 2.16. The van der Waals surface area contributed by atoms with Gasteiger partial charge in [0, 0.05) is 13.5 Å². The summed E-state index contributed by atoms with van der Waals surface area (Å²) >= 11 is 0. The number of nitrogens with one attached hydrogen (secondary N) is 3. The molecule has 0 heterocycles. The van der Waals surface area contributed by atoms with Crippen LogP contribution >= 0.6 is 0 Å². The smallest absolute Gasteiger partial charge is 0.272 e. The van der Waals surface area contributed by atoms with Gasteiger partial charge in [-0.1, -0.05) is 36.4 Å². The maximum Gasteiger partial charge on any atom is 0.272 e. The van der Waals surface area contributed by atoms with Gasteiger partial charge in [-0.05, 0) is 43.2 Å². The summed E-state index contributed by atoms with van der Waals surface area (Å²) in [5.74, 6) is -1.15. The number of anilines is 1. The Bertz CT molecular complexity index is 888. The van der Waals surface area contributed by atoms with Gasteiger partial charge in [0.25, 0.3) is 11.8 Å². The molecule has 2 aromatic carbocycles. The SMILES string of the molecule is CCNC(=O)c1ccccc1NC(=O)/C(=C/c1ccccc1C)NC(C)=O. The fourth-order valence-electron chi connectivity index (χ4n) is 2.49. The first-order valence-electron chi connectivity index (χ1n) is 8.66. The molecule has 0 aliphatic rings. The largest absolute Gasteiger partial charge is 0.352 e. The van der Waals surface area contributed by atoms with Crippen molar-refractivity contribution in [2.75, 3.05) is 11.9 Å². The van der Waals surface area contributed by atoms with E-state index in [9.17, 15) is 14.4 Å². The molecule has 0 aliphatic carbocycles. The number of benzene rings is 2. The fraction of sp³-hybridized carbons (Fsp3) is 0.190. The topological polar surface area (TPSA) is 87.3 Å². The molecule has 2 rings (SSSR count). The van der Waals surface area contributed by atoms with Crippen LogP contribution in [0.1, 0.15) is 35.3 Å². The summed E-state index contributed by atoms with van der Waals surface area (Å²) in [7, 11) is 0. The van der Waals surface area contributed by atoms with Gasteiger partial charge in [-0.2, -0.15) is 0 Å². The lowest BCUT2D eigenvalue weighted by molar-refractivity contribution is -0.120. The normalized spacial score (nSPS) is 10.9. The van der Waals surface area contributed by atoms with Gasteiger partial charge in [-0.25, -0.2) is 0 Å². The van der Waals surface area contributed by atoms with Gasteiger partial charge < -0.3 is 16.0 Å². The highest BCUT2D eigenvalue weighted by molar-refractivity contribution is 6.11. The van der Waals surface area contributed by atoms with Crippen LogP contribution in [0.15, 0.2) is 54.2 Å². The maximum atomic E-state index is 12.8. The second-order valence-corrected chi connectivity index (χ2v) is 5.95. The molecule has 0 bridgehead atoms. The third-order valence-electron chi connectivity index (χ3n) is 3.80. The first-order valence-corrected chi connectivity index (χ1v) is 8.66. The van der Waals surface area contributed by atoms with Crippen molar-refractivity contribution in [3.05, 3.63) is 70.9 Å². The molecular formula is C21H23N3O3. The Balaban J connectivity index is 2.34. The van der Waals surface area contributed by atoms with E-state index in [4.69, 9.17) is 0 Å². The van der Waals surface area contributed by atoms with E-state index < -0.39 is 5.91 Å². The molecule has 0 radical (unpaired) electrons. The third kappa shape index (κ3) is 5.54. The zero-order valence-electron chi connectivity index (χ0n) is 15.6. The molecule has 0 atom stereocenters. The Morgan fingerprint density at radius 1 is 1.00 bits per heavy atom. The first-order chi connectivity index (χ1) is 12.9. The highest BCUT2D eigenvalue weighted by Crippen LogP contribution is 2.17. The van der Waals surface area contributed by atoms with Gasteiger partial charge in [-0.3, -0.25) is 14.4 Å². The van der Waals surface area contributed by atoms with E-state index >= 15 is 0 Å². The van der Waals surface area contributed by atoms with Crippen LogP contribution in [-0.2, 0) is 9.59 Å². The predicted molar refractivity (Wildman–Crippen MR) is 106 cm³/mol. The molecule has 140 valence electrons. The summed E-state index contributed by atoms with van der Waals surface area (Å²) < 4.78 is 0. The Kier molecular flexibility index (Phi) is 6.88. The van der Waals surface area contributed by atoms with Crippen molar-refractivity contribution in [3.8, 4) is 0 Å². The number of hydrogen-bond acceptors (Lipinski definition) is 3. The average molecular weight is 365 g/mol. The summed E-state index contributed by atoms with van der Waals surface area (Å²) in [5, 5.41) is 7.98. The zero-order chi connectivity index (χ0) is 19.8. The molecular weight excluding hydrogens is 342 g/mol. The molecule has 0 aromatic heterocycles. The Hall–Kier alpha value is -3.41. The van der Waals surface area contributed by atoms with Crippen LogP contribution in [-0.4, -0.2) is 24.3 Å². The predicted octanol–water partition coefficient (Wildman–Crippen LogP) is 2.86. The standard InChI is InChI=1S/C21H23N3O3/c1-4-22-20(26)17-11-7-8-12-18(17)24-21(27)19(23-15(3)25)13-16-10-6-5-9-14(16)2/h5-13H,4H2,1-3H3,(H,22,26)(H,23,25)(H,24,27)/b19-13-. The number of carbonyl (C=O) groups excluding carboxylic acids is 3. The van der Waals surface area contributed by atoms with Gasteiger partial charge in [0.1, 0.15) is 5.70 Å². The number of carbonyl (C=O) groups is 3.